The maximum atomic E-state index is 12.9. The highest BCUT2D eigenvalue weighted by Gasteiger charge is 2.08. The fourth-order valence-electron chi connectivity index (χ4n) is 1.49. The number of nitrogen functional groups attached to an aromatic ring is 1. The van der Waals surface area contributed by atoms with Gasteiger partial charge in [0.15, 0.2) is 0 Å². The lowest BCUT2D eigenvalue weighted by atomic mass is 10.2. The van der Waals surface area contributed by atoms with Crippen LogP contribution in [0.4, 0.5) is 15.8 Å². The van der Waals surface area contributed by atoms with E-state index in [1.807, 2.05) is 22.6 Å². The molecule has 0 radical (unpaired) electrons. The molecule has 1 aromatic carbocycles. The highest BCUT2D eigenvalue weighted by atomic mass is 127. The number of benzene rings is 1. The molecule has 19 heavy (non-hydrogen) atoms. The first-order valence-electron chi connectivity index (χ1n) is 5.50. The van der Waals surface area contributed by atoms with Crippen LogP contribution < -0.4 is 11.1 Å². The highest BCUT2D eigenvalue weighted by molar-refractivity contribution is 14.1. The third-order valence-electron chi connectivity index (χ3n) is 2.39. The predicted molar refractivity (Wildman–Crippen MR) is 80.1 cm³/mol. The summed E-state index contributed by atoms with van der Waals surface area (Å²) in [4.78, 5) is 15.9. The average molecular weight is 371 g/mol. The summed E-state index contributed by atoms with van der Waals surface area (Å²) >= 11 is 1.97. The van der Waals surface area contributed by atoms with E-state index in [2.05, 4.69) is 10.3 Å². The number of carbonyl (C=O) groups is 1. The van der Waals surface area contributed by atoms with Crippen LogP contribution in [0.1, 0.15) is 5.69 Å². The van der Waals surface area contributed by atoms with Gasteiger partial charge >= 0.3 is 0 Å². The van der Waals surface area contributed by atoms with E-state index in [9.17, 15) is 9.18 Å². The topological polar surface area (TPSA) is 68.0 Å². The molecule has 98 valence electrons. The van der Waals surface area contributed by atoms with Crippen molar-refractivity contribution in [2.75, 3.05) is 11.1 Å². The number of aromatic nitrogens is 1. The molecule has 4 nitrogen and oxygen atoms in total. The summed E-state index contributed by atoms with van der Waals surface area (Å²) in [6.07, 6.45) is 1.65. The van der Waals surface area contributed by atoms with Gasteiger partial charge in [0.05, 0.1) is 24.0 Å². The van der Waals surface area contributed by atoms with Gasteiger partial charge in [-0.3, -0.25) is 9.78 Å². The van der Waals surface area contributed by atoms with Gasteiger partial charge in [-0.2, -0.15) is 0 Å². The van der Waals surface area contributed by atoms with Gasteiger partial charge in [0.1, 0.15) is 5.82 Å². The number of nitrogens with zero attached hydrogens (tertiary/aromatic N) is 1. The van der Waals surface area contributed by atoms with E-state index in [4.69, 9.17) is 5.73 Å². The molecule has 0 aliphatic carbocycles. The molecular weight excluding hydrogens is 360 g/mol. The third kappa shape index (κ3) is 3.88. The normalized spacial score (nSPS) is 10.2. The van der Waals surface area contributed by atoms with Crippen molar-refractivity contribution < 1.29 is 9.18 Å². The number of nitrogens with two attached hydrogens (primary N) is 1. The van der Waals surface area contributed by atoms with Crippen molar-refractivity contribution in [2.24, 2.45) is 0 Å². The number of anilines is 2. The van der Waals surface area contributed by atoms with Crippen LogP contribution in [0.2, 0.25) is 0 Å². The molecule has 0 spiro atoms. The van der Waals surface area contributed by atoms with Gasteiger partial charge < -0.3 is 11.1 Å². The summed E-state index contributed by atoms with van der Waals surface area (Å²) in [5.74, 6) is -0.538. The van der Waals surface area contributed by atoms with Crippen LogP contribution in [-0.4, -0.2) is 10.9 Å². The minimum absolute atomic E-state index is 0.147. The van der Waals surface area contributed by atoms with Gasteiger partial charge in [-0.25, -0.2) is 4.39 Å². The molecule has 0 bridgehead atoms. The zero-order valence-electron chi connectivity index (χ0n) is 9.86. The molecular formula is C13H11FIN3O. The molecule has 0 aliphatic rings. The number of amides is 1. The Morgan fingerprint density at radius 3 is 2.79 bits per heavy atom. The molecule has 1 aromatic heterocycles. The summed E-state index contributed by atoms with van der Waals surface area (Å²) in [7, 11) is 0. The summed E-state index contributed by atoms with van der Waals surface area (Å²) in [5.41, 5.74) is 7.28. The number of halogens is 2. The molecule has 0 saturated heterocycles. The van der Waals surface area contributed by atoms with Gasteiger partial charge in [0.25, 0.3) is 0 Å². The predicted octanol–water partition coefficient (Wildman–Crippen LogP) is 2.59. The Balaban J connectivity index is 2.03. The quantitative estimate of drug-likeness (QED) is 0.816. The van der Waals surface area contributed by atoms with Crippen LogP contribution in [0, 0.1) is 9.39 Å². The molecule has 0 fully saturated rings. The van der Waals surface area contributed by atoms with Crippen molar-refractivity contribution >= 4 is 39.9 Å². The smallest absolute Gasteiger partial charge is 0.230 e. The number of rotatable bonds is 3. The Morgan fingerprint density at radius 1 is 1.37 bits per heavy atom. The van der Waals surface area contributed by atoms with Crippen molar-refractivity contribution in [2.45, 2.75) is 6.42 Å². The molecule has 0 atom stereocenters. The zero-order valence-corrected chi connectivity index (χ0v) is 12.0. The van der Waals surface area contributed by atoms with E-state index < -0.39 is 0 Å². The number of carbonyl (C=O) groups excluding carboxylic acids is 1. The molecule has 0 aliphatic heterocycles. The standard InChI is InChI=1S/C13H11FIN3O/c14-8-1-4-12(11(15)5-8)18-13(19)6-10-3-2-9(16)7-17-10/h1-5,7H,6,16H2,(H,18,19). The second kappa shape index (κ2) is 5.96. The Labute approximate surface area is 123 Å². The molecule has 1 heterocycles. The van der Waals surface area contributed by atoms with E-state index in [1.54, 1.807) is 12.1 Å². The van der Waals surface area contributed by atoms with Crippen LogP contribution in [0.3, 0.4) is 0 Å². The van der Waals surface area contributed by atoms with Crippen LogP contribution in [-0.2, 0) is 11.2 Å². The van der Waals surface area contributed by atoms with E-state index in [1.165, 1.54) is 24.4 Å². The maximum Gasteiger partial charge on any atom is 0.230 e. The first-order valence-corrected chi connectivity index (χ1v) is 6.58. The second-order valence-corrected chi connectivity index (χ2v) is 5.09. The third-order valence-corrected chi connectivity index (χ3v) is 3.29. The molecule has 2 aromatic rings. The van der Waals surface area contributed by atoms with Crippen LogP contribution >= 0.6 is 22.6 Å². The first-order chi connectivity index (χ1) is 9.04. The fourth-order valence-corrected chi connectivity index (χ4v) is 2.10. The van der Waals surface area contributed by atoms with Crippen LogP contribution in [0.25, 0.3) is 0 Å². The Morgan fingerprint density at radius 2 is 2.16 bits per heavy atom. The van der Waals surface area contributed by atoms with E-state index in [0.29, 0.717) is 20.6 Å². The summed E-state index contributed by atoms with van der Waals surface area (Å²) < 4.78 is 13.6. The monoisotopic (exact) mass is 371 g/mol. The molecule has 1 amide bonds. The largest absolute Gasteiger partial charge is 0.397 e. The van der Waals surface area contributed by atoms with E-state index in [-0.39, 0.29) is 18.1 Å². The van der Waals surface area contributed by atoms with Crippen molar-refractivity contribution in [1.82, 2.24) is 4.98 Å². The summed E-state index contributed by atoms with van der Waals surface area (Å²) in [6, 6.07) is 7.59. The number of nitrogens with one attached hydrogen (secondary N) is 1. The number of hydrogen-bond donors (Lipinski definition) is 2. The number of pyridine rings is 1. The van der Waals surface area contributed by atoms with Crippen molar-refractivity contribution in [1.29, 1.82) is 0 Å². The van der Waals surface area contributed by atoms with Gasteiger partial charge in [-0.1, -0.05) is 0 Å². The lowest BCUT2D eigenvalue weighted by molar-refractivity contribution is -0.115. The summed E-state index contributed by atoms with van der Waals surface area (Å²) in [5, 5.41) is 2.72. The minimum atomic E-state index is -0.331. The van der Waals surface area contributed by atoms with Crippen molar-refractivity contribution in [3.8, 4) is 0 Å². The van der Waals surface area contributed by atoms with Gasteiger partial charge in [0, 0.05) is 9.26 Å². The maximum absolute atomic E-state index is 12.9. The lowest BCUT2D eigenvalue weighted by Crippen LogP contribution is -2.16. The Bertz CT molecular complexity index is 601. The second-order valence-electron chi connectivity index (χ2n) is 3.93. The molecule has 0 saturated carbocycles. The SMILES string of the molecule is Nc1ccc(CC(=O)Nc2ccc(F)cc2I)nc1. The van der Waals surface area contributed by atoms with Crippen molar-refractivity contribution in [3.63, 3.8) is 0 Å². The molecule has 3 N–H and O–H groups in total. The minimum Gasteiger partial charge on any atom is -0.397 e. The fraction of sp³-hybridized carbons (Fsp3) is 0.0769. The first kappa shape index (κ1) is 13.7. The van der Waals surface area contributed by atoms with E-state index >= 15 is 0 Å². The number of hydrogen-bond acceptors (Lipinski definition) is 3. The van der Waals surface area contributed by atoms with Gasteiger partial charge in [-0.05, 0) is 52.9 Å². The lowest BCUT2D eigenvalue weighted by Gasteiger charge is -2.07. The summed E-state index contributed by atoms with van der Waals surface area (Å²) in [6.45, 7) is 0. The van der Waals surface area contributed by atoms with Gasteiger partial charge in [-0.15, -0.1) is 0 Å². The zero-order chi connectivity index (χ0) is 13.8. The highest BCUT2D eigenvalue weighted by Crippen LogP contribution is 2.19. The molecule has 6 heteroatoms. The van der Waals surface area contributed by atoms with Crippen LogP contribution in [0.5, 0.6) is 0 Å². The van der Waals surface area contributed by atoms with Crippen LogP contribution in [0.15, 0.2) is 36.5 Å². The Hall–Kier alpha value is -1.70. The van der Waals surface area contributed by atoms with Crippen molar-refractivity contribution in [3.05, 3.63) is 51.6 Å². The van der Waals surface area contributed by atoms with E-state index in [0.717, 1.165) is 0 Å². The molecule has 0 unspecified atom stereocenters. The van der Waals surface area contributed by atoms with Gasteiger partial charge in [0.2, 0.25) is 5.91 Å². The Kier molecular flexibility index (Phi) is 4.31. The average Bonchev–Trinajstić information content (AvgIpc) is 2.36. The molecule has 2 rings (SSSR count).